The van der Waals surface area contributed by atoms with E-state index in [2.05, 4.69) is 10.6 Å². The summed E-state index contributed by atoms with van der Waals surface area (Å²) < 4.78 is 0. The Morgan fingerprint density at radius 2 is 1.80 bits per heavy atom. The second kappa shape index (κ2) is 7.84. The number of carbonyl (C=O) groups excluding carboxylic acids is 1. The lowest BCUT2D eigenvalue weighted by Gasteiger charge is -2.35. The molecule has 0 aromatic carbocycles. The lowest BCUT2D eigenvalue weighted by atomic mass is 9.95. The zero-order valence-electron chi connectivity index (χ0n) is 12.6. The summed E-state index contributed by atoms with van der Waals surface area (Å²) in [6, 6.07) is 1.07. The van der Waals surface area contributed by atoms with Crippen LogP contribution in [0, 0.1) is 0 Å². The fourth-order valence-corrected chi connectivity index (χ4v) is 3.22. The predicted octanol–water partition coefficient (Wildman–Crippen LogP) is 1.46. The zero-order valence-corrected chi connectivity index (χ0v) is 12.6. The number of rotatable bonds is 4. The lowest BCUT2D eigenvalue weighted by Crippen LogP contribution is -2.52. The van der Waals surface area contributed by atoms with Crippen molar-refractivity contribution in [1.82, 2.24) is 15.5 Å². The van der Waals surface area contributed by atoms with Gasteiger partial charge in [-0.3, -0.25) is 0 Å². The van der Waals surface area contributed by atoms with Gasteiger partial charge in [-0.1, -0.05) is 19.3 Å². The van der Waals surface area contributed by atoms with Crippen molar-refractivity contribution in [2.75, 3.05) is 19.7 Å². The zero-order chi connectivity index (χ0) is 14.4. The second-order valence-electron chi connectivity index (χ2n) is 6.30. The first-order valence-electron chi connectivity index (χ1n) is 8.11. The number of aliphatic hydroxyl groups excluding tert-OH is 1. The molecular formula is C15H29N3O2. The molecule has 1 aliphatic carbocycles. The maximum Gasteiger partial charge on any atom is 0.317 e. The number of hydrogen-bond acceptors (Lipinski definition) is 3. The third-order valence-corrected chi connectivity index (χ3v) is 4.51. The van der Waals surface area contributed by atoms with Crippen LogP contribution in [0.4, 0.5) is 4.79 Å². The summed E-state index contributed by atoms with van der Waals surface area (Å²) in [6.45, 7) is 3.78. The van der Waals surface area contributed by atoms with Crippen LogP contribution in [-0.4, -0.2) is 53.9 Å². The summed E-state index contributed by atoms with van der Waals surface area (Å²) in [6.07, 6.45) is 8.03. The Morgan fingerprint density at radius 1 is 1.15 bits per heavy atom. The van der Waals surface area contributed by atoms with Gasteiger partial charge in [-0.2, -0.15) is 0 Å². The normalized spacial score (nSPS) is 23.6. The van der Waals surface area contributed by atoms with Crippen LogP contribution in [0.5, 0.6) is 0 Å². The van der Waals surface area contributed by atoms with Gasteiger partial charge in [-0.05, 0) is 32.6 Å². The molecule has 1 atom stereocenters. The Bertz CT molecular complexity index is 297. The molecule has 1 saturated carbocycles. The molecule has 116 valence electrons. The average molecular weight is 283 g/mol. The highest BCUT2D eigenvalue weighted by Crippen LogP contribution is 2.18. The van der Waals surface area contributed by atoms with E-state index in [0.29, 0.717) is 12.1 Å². The first-order valence-corrected chi connectivity index (χ1v) is 8.11. The molecule has 3 N–H and O–H groups in total. The Balaban J connectivity index is 1.68. The molecule has 5 nitrogen and oxygen atoms in total. The van der Waals surface area contributed by atoms with Crippen LogP contribution in [0.15, 0.2) is 0 Å². The van der Waals surface area contributed by atoms with Gasteiger partial charge < -0.3 is 20.6 Å². The number of urea groups is 1. The van der Waals surface area contributed by atoms with Crippen LogP contribution in [-0.2, 0) is 0 Å². The Hall–Kier alpha value is -0.810. The van der Waals surface area contributed by atoms with Crippen molar-refractivity contribution in [3.63, 3.8) is 0 Å². The van der Waals surface area contributed by atoms with Gasteiger partial charge in [0.05, 0.1) is 6.61 Å². The molecule has 2 aliphatic rings. The van der Waals surface area contributed by atoms with Crippen molar-refractivity contribution < 1.29 is 9.90 Å². The number of nitrogens with one attached hydrogen (secondary N) is 2. The van der Waals surface area contributed by atoms with Gasteiger partial charge >= 0.3 is 6.03 Å². The summed E-state index contributed by atoms with van der Waals surface area (Å²) in [5.41, 5.74) is 0. The van der Waals surface area contributed by atoms with Crippen LogP contribution in [0.2, 0.25) is 0 Å². The fraction of sp³-hybridized carbons (Fsp3) is 0.933. The highest BCUT2D eigenvalue weighted by atomic mass is 16.3. The largest absolute Gasteiger partial charge is 0.395 e. The van der Waals surface area contributed by atoms with Crippen LogP contribution < -0.4 is 10.6 Å². The van der Waals surface area contributed by atoms with Gasteiger partial charge in [0.1, 0.15) is 0 Å². The molecule has 2 amide bonds. The van der Waals surface area contributed by atoms with E-state index in [9.17, 15) is 4.79 Å². The minimum atomic E-state index is 0.116. The quantitative estimate of drug-likeness (QED) is 0.732. The Labute approximate surface area is 122 Å². The molecule has 0 spiro atoms. The van der Waals surface area contributed by atoms with Gasteiger partial charge in [-0.25, -0.2) is 4.79 Å². The first-order chi connectivity index (χ1) is 9.69. The maximum atomic E-state index is 12.2. The van der Waals surface area contributed by atoms with E-state index in [1.165, 1.54) is 19.3 Å². The van der Waals surface area contributed by atoms with Crippen molar-refractivity contribution in [3.8, 4) is 0 Å². The van der Waals surface area contributed by atoms with Crippen molar-refractivity contribution in [3.05, 3.63) is 0 Å². The van der Waals surface area contributed by atoms with E-state index in [-0.39, 0.29) is 18.7 Å². The summed E-state index contributed by atoms with van der Waals surface area (Å²) in [5, 5.41) is 15.6. The average Bonchev–Trinajstić information content (AvgIpc) is 2.49. The van der Waals surface area contributed by atoms with Crippen molar-refractivity contribution in [2.24, 2.45) is 0 Å². The number of nitrogens with zero attached hydrogens (tertiary/aromatic N) is 1. The Kier molecular flexibility index (Phi) is 6.10. The third-order valence-electron chi connectivity index (χ3n) is 4.51. The molecule has 1 heterocycles. The van der Waals surface area contributed by atoms with Crippen molar-refractivity contribution >= 4 is 6.03 Å². The van der Waals surface area contributed by atoms with E-state index in [0.717, 1.165) is 38.8 Å². The number of piperidine rings is 1. The highest BCUT2D eigenvalue weighted by Gasteiger charge is 2.25. The van der Waals surface area contributed by atoms with E-state index in [1.54, 1.807) is 0 Å². The SMILES string of the molecule is C[C@H](CO)NC1CCN(C(=O)NC2CCCCC2)CC1. The molecule has 20 heavy (non-hydrogen) atoms. The summed E-state index contributed by atoms with van der Waals surface area (Å²) in [5.74, 6) is 0. The lowest BCUT2D eigenvalue weighted by molar-refractivity contribution is 0.162. The van der Waals surface area contributed by atoms with E-state index in [4.69, 9.17) is 5.11 Å². The Morgan fingerprint density at radius 3 is 2.40 bits per heavy atom. The molecular weight excluding hydrogens is 254 g/mol. The van der Waals surface area contributed by atoms with Gasteiger partial charge in [0.2, 0.25) is 0 Å². The minimum absolute atomic E-state index is 0.116. The van der Waals surface area contributed by atoms with Crippen LogP contribution in [0.1, 0.15) is 51.9 Å². The fourth-order valence-electron chi connectivity index (χ4n) is 3.22. The van der Waals surface area contributed by atoms with E-state index in [1.807, 2.05) is 11.8 Å². The smallest absolute Gasteiger partial charge is 0.317 e. The molecule has 2 fully saturated rings. The number of aliphatic hydroxyl groups is 1. The summed E-state index contributed by atoms with van der Waals surface area (Å²) >= 11 is 0. The van der Waals surface area contributed by atoms with Crippen LogP contribution >= 0.6 is 0 Å². The number of carbonyl (C=O) groups is 1. The van der Waals surface area contributed by atoms with Crippen LogP contribution in [0.25, 0.3) is 0 Å². The predicted molar refractivity (Wildman–Crippen MR) is 79.7 cm³/mol. The van der Waals surface area contributed by atoms with Gasteiger partial charge in [0.25, 0.3) is 0 Å². The van der Waals surface area contributed by atoms with Crippen molar-refractivity contribution in [1.29, 1.82) is 0 Å². The van der Waals surface area contributed by atoms with Crippen LogP contribution in [0.3, 0.4) is 0 Å². The monoisotopic (exact) mass is 283 g/mol. The summed E-state index contributed by atoms with van der Waals surface area (Å²) in [7, 11) is 0. The van der Waals surface area contributed by atoms with E-state index >= 15 is 0 Å². The van der Waals surface area contributed by atoms with E-state index < -0.39 is 0 Å². The highest BCUT2D eigenvalue weighted by molar-refractivity contribution is 5.74. The standard InChI is InChI=1S/C15H29N3O2/c1-12(11-19)16-14-7-9-18(10-8-14)15(20)17-13-5-3-2-4-6-13/h12-14,16,19H,2-11H2,1H3,(H,17,20)/t12-/m1/s1. The third kappa shape index (κ3) is 4.63. The molecule has 0 unspecified atom stereocenters. The van der Waals surface area contributed by atoms with Crippen molar-refractivity contribution in [2.45, 2.75) is 70.0 Å². The first kappa shape index (κ1) is 15.6. The summed E-state index contributed by atoms with van der Waals surface area (Å²) in [4.78, 5) is 14.1. The molecule has 1 aliphatic heterocycles. The molecule has 0 aromatic rings. The molecule has 5 heteroatoms. The van der Waals surface area contributed by atoms with Gasteiger partial charge in [0.15, 0.2) is 0 Å². The second-order valence-corrected chi connectivity index (χ2v) is 6.30. The minimum Gasteiger partial charge on any atom is -0.395 e. The van der Waals surface area contributed by atoms with Gasteiger partial charge in [0, 0.05) is 31.2 Å². The molecule has 1 saturated heterocycles. The number of hydrogen-bond donors (Lipinski definition) is 3. The molecule has 0 bridgehead atoms. The molecule has 2 rings (SSSR count). The maximum absolute atomic E-state index is 12.2. The molecule has 0 radical (unpaired) electrons. The molecule has 0 aromatic heterocycles. The number of amides is 2. The topological polar surface area (TPSA) is 64.6 Å². The number of likely N-dealkylation sites (tertiary alicyclic amines) is 1. The van der Waals surface area contributed by atoms with Gasteiger partial charge in [-0.15, -0.1) is 0 Å².